The predicted molar refractivity (Wildman–Crippen MR) is 529 cm³/mol. The first-order valence-corrected chi connectivity index (χ1v) is 49.6. The minimum atomic E-state index is -2.04. The van der Waals surface area contributed by atoms with E-state index in [0.29, 0.717) is 61.9 Å². The van der Waals surface area contributed by atoms with Crippen LogP contribution in [-0.2, 0) is 125 Å². The van der Waals surface area contributed by atoms with E-state index in [0.717, 1.165) is 13.8 Å². The normalized spacial score (nSPS) is 15.6. The number of hydrogen-bond donors (Lipinski definition) is 27. The molecule has 48 nitrogen and oxygen atoms in total. The maximum atomic E-state index is 15.3. The third kappa shape index (κ3) is 34.7. The van der Waals surface area contributed by atoms with Crippen molar-refractivity contribution in [2.24, 2.45) is 11.5 Å². The Morgan fingerprint density at radius 3 is 1.37 bits per heavy atom. The number of phenolic OH excluding ortho intramolecular Hbond substituents is 2. The highest BCUT2D eigenvalue weighted by Gasteiger charge is 2.43. The summed E-state index contributed by atoms with van der Waals surface area (Å²) in [6.45, 7) is 2.92. The zero-order valence-corrected chi connectivity index (χ0v) is 82.1. The minimum Gasteiger partial charge on any atom is -0.508 e. The topological polar surface area (TPSA) is 753 Å². The predicted octanol–water partition coefficient (Wildman–Crippen LogP) is -4.45. The molecule has 5 heterocycles. The molecule has 0 bridgehead atoms. The lowest BCUT2D eigenvalue weighted by molar-refractivity contribution is -0.143. The van der Waals surface area contributed by atoms with Crippen molar-refractivity contribution in [3.63, 3.8) is 0 Å². The number of aromatic amines is 4. The lowest BCUT2D eigenvalue weighted by atomic mass is 10.0. The van der Waals surface area contributed by atoms with Gasteiger partial charge in [0.1, 0.15) is 102 Å². The fourth-order valence-electron chi connectivity index (χ4n) is 16.0. The molecule has 1 aliphatic rings. The summed E-state index contributed by atoms with van der Waals surface area (Å²) in [6.07, 6.45) is 6.48. The summed E-state index contributed by atoms with van der Waals surface area (Å²) < 4.78 is 0. The Morgan fingerprint density at radius 2 is 0.876 bits per heavy atom. The van der Waals surface area contributed by atoms with Crippen LogP contribution in [0, 0.1) is 0 Å². The average Bonchev–Trinajstić information content (AvgIpc) is 1.72. The van der Waals surface area contributed by atoms with E-state index < -0.39 is 229 Å². The maximum Gasteiger partial charge on any atom is 0.305 e. The Morgan fingerprint density at radius 1 is 0.455 bits per heavy atom. The van der Waals surface area contributed by atoms with Gasteiger partial charge < -0.3 is 147 Å². The number of imidazole rings is 2. The van der Waals surface area contributed by atoms with E-state index in [9.17, 15) is 88.2 Å². The number of nitrogens with two attached hydrogens (primary N) is 2. The molecule has 0 aliphatic carbocycles. The van der Waals surface area contributed by atoms with E-state index in [4.69, 9.17) is 11.5 Å². The summed E-state index contributed by atoms with van der Waals surface area (Å²) in [6, 6.07) is 0.938. The molecule has 29 N–H and O–H groups in total. The van der Waals surface area contributed by atoms with Crippen molar-refractivity contribution in [1.29, 1.82) is 0 Å². The van der Waals surface area contributed by atoms with E-state index >= 15 is 28.8 Å². The van der Waals surface area contributed by atoms with Crippen LogP contribution in [0.5, 0.6) is 11.5 Å². The number of carbonyl (C=O) groups is 18. The number of amides is 17. The van der Waals surface area contributed by atoms with Crippen molar-refractivity contribution >= 4 is 152 Å². The largest absolute Gasteiger partial charge is 0.508 e. The zero-order valence-electron chi connectivity index (χ0n) is 80.5. The SMILES string of the molecule is CSCC[C@H](NC(=O)[C@H](Cc1ccc(O)cc1)NC(=O)[C@@H](NC(=O)[C@H](CCCCN)NC(=O)[C@H](C)NC(=O)[C@H](Cc1cnc[nH]1)NC(C)=O)[C@@H](C)O)C(=O)N[C@@H](Cc1c[nH]c2ccccc12)C(=O)N[C@@H](CC(=O)O)C(=O)NCC(=O)N[C@@H](Cc1c[nH]c2ccccc12)C(=O)N[C@@H](Cc1ccc(O)cc1)C(=O)N[C@@H](CCSC)C(=O)N1CCC[C@H]1C(=O)N[C@H](C(=O)N[C@@H](CO)C(=O)N[C@@H](Cc1cnc[nH]1)C(N)=O)[C@@H](C)O. The number of aliphatic carboxylic acids is 1. The molecule has 50 heteroatoms. The molecule has 8 aromatic rings. The van der Waals surface area contributed by atoms with Gasteiger partial charge in [0, 0.05) is 110 Å². The molecule has 4 aromatic heterocycles. The molecule has 4 aromatic carbocycles. The van der Waals surface area contributed by atoms with Crippen LogP contribution in [0.4, 0.5) is 0 Å². The first-order chi connectivity index (χ1) is 69.2. The van der Waals surface area contributed by atoms with Gasteiger partial charge in [-0.1, -0.05) is 60.7 Å². The van der Waals surface area contributed by atoms with Crippen LogP contribution in [0.3, 0.4) is 0 Å². The van der Waals surface area contributed by atoms with Gasteiger partial charge in [0.15, 0.2) is 0 Å². The van der Waals surface area contributed by atoms with E-state index in [1.54, 1.807) is 67.2 Å². The summed E-state index contributed by atoms with van der Waals surface area (Å²) >= 11 is 2.54. The van der Waals surface area contributed by atoms with E-state index in [-0.39, 0.29) is 113 Å². The van der Waals surface area contributed by atoms with E-state index in [1.165, 1.54) is 122 Å². The molecule has 0 radical (unpaired) electrons. The smallest absolute Gasteiger partial charge is 0.305 e. The first kappa shape index (κ1) is 114. The number of nitrogens with zero attached hydrogens (tertiary/aromatic N) is 3. The van der Waals surface area contributed by atoms with Gasteiger partial charge in [-0.15, -0.1) is 0 Å². The van der Waals surface area contributed by atoms with Crippen LogP contribution in [0.25, 0.3) is 21.8 Å². The van der Waals surface area contributed by atoms with Gasteiger partial charge in [-0.25, -0.2) is 9.97 Å². The number of hydrogen-bond acceptors (Lipinski definition) is 28. The third-order valence-electron chi connectivity index (χ3n) is 23.8. The van der Waals surface area contributed by atoms with Crippen LogP contribution in [-0.4, -0.2) is 325 Å². The molecular formula is C95H126N24O24S2. The number of unbranched alkanes of at least 4 members (excludes halogenated alkanes) is 1. The molecule has 782 valence electrons. The fourth-order valence-corrected chi connectivity index (χ4v) is 17.0. The second-order valence-corrected chi connectivity index (χ2v) is 36.9. The molecular weight excluding hydrogens is 1930 g/mol. The molecule has 0 saturated carbocycles. The van der Waals surface area contributed by atoms with Gasteiger partial charge in [0.2, 0.25) is 100 Å². The number of para-hydroxylation sites is 2. The number of carboxylic acids is 1. The summed E-state index contributed by atoms with van der Waals surface area (Å²) in [5.74, 6) is -18.4. The highest BCUT2D eigenvalue weighted by atomic mass is 32.2. The number of carboxylic acid groups (broad SMARTS) is 1. The number of phenols is 2. The number of thioether (sulfide) groups is 2. The molecule has 17 atom stereocenters. The number of likely N-dealkylation sites (tertiary alicyclic amines) is 1. The minimum absolute atomic E-state index is 0.0155. The van der Waals surface area contributed by atoms with Crippen LogP contribution in [0.15, 0.2) is 135 Å². The fraction of sp³-hybridized carbons (Fsp3) is 0.453. The molecule has 1 saturated heterocycles. The first-order valence-electron chi connectivity index (χ1n) is 46.8. The van der Waals surface area contributed by atoms with Gasteiger partial charge >= 0.3 is 5.97 Å². The molecule has 0 spiro atoms. The second-order valence-electron chi connectivity index (χ2n) is 35.0. The van der Waals surface area contributed by atoms with Gasteiger partial charge in [-0.3, -0.25) is 86.3 Å². The number of aromatic nitrogens is 6. The van der Waals surface area contributed by atoms with Crippen LogP contribution in [0.1, 0.15) is 113 Å². The molecule has 9 rings (SSSR count). The quantitative estimate of drug-likeness (QED) is 0.0160. The van der Waals surface area contributed by atoms with Gasteiger partial charge in [-0.05, 0) is 155 Å². The Balaban J connectivity index is 0.912. The van der Waals surface area contributed by atoms with Crippen LogP contribution < -0.4 is 91.2 Å². The Hall–Kier alpha value is -15.0. The molecule has 1 fully saturated rings. The Kier molecular flexibility index (Phi) is 44.0. The summed E-state index contributed by atoms with van der Waals surface area (Å²) in [5, 5.41) is 102. The summed E-state index contributed by atoms with van der Waals surface area (Å²) in [5.41, 5.74) is 15.0. The van der Waals surface area contributed by atoms with Crippen molar-refractivity contribution in [2.45, 2.75) is 220 Å². The number of nitrogens with one attached hydrogen (secondary N) is 19. The molecule has 17 amide bonds. The van der Waals surface area contributed by atoms with Gasteiger partial charge in [0.25, 0.3) is 0 Å². The average molecular weight is 2050 g/mol. The number of aromatic hydroxyl groups is 2. The Labute approximate surface area is 840 Å². The van der Waals surface area contributed by atoms with Crippen LogP contribution >= 0.6 is 23.5 Å². The molecule has 1 aliphatic heterocycles. The van der Waals surface area contributed by atoms with E-state index in [1.807, 2.05) is 0 Å². The highest BCUT2D eigenvalue weighted by molar-refractivity contribution is 7.98. The van der Waals surface area contributed by atoms with Crippen molar-refractivity contribution in [3.8, 4) is 11.5 Å². The number of benzene rings is 4. The number of fused-ring (bicyclic) bond motifs is 2. The van der Waals surface area contributed by atoms with E-state index in [2.05, 4.69) is 110 Å². The number of aliphatic hydroxyl groups excluding tert-OH is 3. The van der Waals surface area contributed by atoms with Gasteiger partial charge in [-0.2, -0.15) is 23.5 Å². The summed E-state index contributed by atoms with van der Waals surface area (Å²) in [4.78, 5) is 276. The number of primary amides is 1. The molecule has 0 unspecified atom stereocenters. The lowest BCUT2D eigenvalue weighted by Crippen LogP contribution is -2.62. The van der Waals surface area contributed by atoms with Crippen LogP contribution in [0.2, 0.25) is 0 Å². The van der Waals surface area contributed by atoms with Gasteiger partial charge in [0.05, 0.1) is 44.4 Å². The van der Waals surface area contributed by atoms with Crippen molar-refractivity contribution in [3.05, 3.63) is 168 Å². The van der Waals surface area contributed by atoms with Crippen molar-refractivity contribution < 1.29 is 117 Å². The number of rotatable bonds is 58. The highest BCUT2D eigenvalue weighted by Crippen LogP contribution is 2.26. The molecule has 145 heavy (non-hydrogen) atoms. The number of H-pyrrole nitrogens is 4. The second kappa shape index (κ2) is 56.1. The number of aliphatic hydroxyl groups is 3. The zero-order chi connectivity index (χ0) is 106. The Bertz CT molecular complexity index is 5790. The van der Waals surface area contributed by atoms with Crippen molar-refractivity contribution in [2.75, 3.05) is 50.3 Å². The van der Waals surface area contributed by atoms with Crippen molar-refractivity contribution in [1.82, 2.24) is 115 Å². The maximum absolute atomic E-state index is 15.3. The monoisotopic (exact) mass is 2050 g/mol. The lowest BCUT2D eigenvalue weighted by Gasteiger charge is -2.31. The number of carbonyl (C=O) groups excluding carboxylic acids is 17. The third-order valence-corrected chi connectivity index (χ3v) is 25.1. The standard InChI is InChI=1S/C95H126N24O24S2/c1-49(105-86(134)73(106-52(4)123)39-58-44-99-48-104-58)82(130)108-65(18-11-12-30-96)85(133)117-79(50(2)121)93(141)115-70(35-54-22-26-60(125)27-23-54)87(135)109-66(28-32-144-5)84(132)113-72(37-56-42-101-64-17-10-8-15-62(56)64)90(138)114-74(40-78(127)128)83(131)102-45-77(126)107-71(36-55-41-100-63-16-9-7-14-61(55)63)89(137)112-69(34-53-20-24-59(124)25-21-53)88(136)110-67(29-33-145-6)95(143)119-31-13-19-76(119)92(140)118-80(51(3)122)94(142)116-75(46-120)91(139)111-68(81(97)129)38-57-43-98-47-103-57/h7-10,14-17,20-27,41-44,47-51,65-76,79-80,100-101,120-122,124-125H,11-13,18-19,28-40,45-46,96H2,1-6H3,(H2,97,129)(H,98,103)(H,99,104)(H,102,131)(H,105,134)(H,106,123)(H,107,126)(H,108,130)(H,109,135)(H,110,136)(H,111,139)(H,112,137)(H,113,132)(H,114,138)(H,115,141)(H,116,142)(H,117,133)(H,118,140)(H,127,128)/t49-,50+,51+,65-,66-,67-,68-,69-,70-,71-,72-,73-,74-,75-,76-,79-,80-/m0/s1. The summed E-state index contributed by atoms with van der Waals surface area (Å²) in [7, 11) is 0.